The number of hydrogen-bond acceptors (Lipinski definition) is 7. The van der Waals surface area contributed by atoms with Crippen molar-refractivity contribution in [1.82, 2.24) is 19.8 Å². The number of aliphatic hydroxyl groups is 1. The predicted octanol–water partition coefficient (Wildman–Crippen LogP) is 4.48. The number of aliphatic hydroxyl groups excluding tert-OH is 1. The van der Waals surface area contributed by atoms with Crippen LogP contribution < -0.4 is 10.6 Å². The Hall–Kier alpha value is -4.54. The highest BCUT2D eigenvalue weighted by Gasteiger charge is 2.33. The van der Waals surface area contributed by atoms with E-state index in [1.54, 1.807) is 28.9 Å². The van der Waals surface area contributed by atoms with Crippen LogP contribution in [0.2, 0.25) is 0 Å². The van der Waals surface area contributed by atoms with E-state index in [0.717, 1.165) is 40.9 Å². The third kappa shape index (κ3) is 4.36. The number of nitrogens with zero attached hydrogens (tertiary/aromatic N) is 5. The van der Waals surface area contributed by atoms with Gasteiger partial charge >= 0.3 is 0 Å². The molecule has 1 amide bonds. The third-order valence-electron chi connectivity index (χ3n) is 8.15. The summed E-state index contributed by atoms with van der Waals surface area (Å²) >= 11 is 0. The summed E-state index contributed by atoms with van der Waals surface area (Å²) in [6.07, 6.45) is 1.01. The Morgan fingerprint density at radius 1 is 1.12 bits per heavy atom. The second-order valence-corrected chi connectivity index (χ2v) is 10.8. The zero-order chi connectivity index (χ0) is 28.2. The van der Waals surface area contributed by atoms with Gasteiger partial charge in [0.15, 0.2) is 11.4 Å². The maximum Gasteiger partial charge on any atom is 0.277 e. The monoisotopic (exact) mass is 552 g/mol. The summed E-state index contributed by atoms with van der Waals surface area (Å²) in [4.78, 5) is 17.6. The van der Waals surface area contributed by atoms with E-state index in [1.165, 1.54) is 11.0 Å². The molecule has 2 aromatic heterocycles. The Morgan fingerprint density at radius 3 is 2.78 bits per heavy atom. The second kappa shape index (κ2) is 9.83. The molecule has 2 aliphatic heterocycles. The number of rotatable bonds is 5. The lowest BCUT2D eigenvalue weighted by Gasteiger charge is -2.28. The molecule has 1 atom stereocenters. The summed E-state index contributed by atoms with van der Waals surface area (Å²) < 4.78 is 22.6. The fraction of sp³-hybridized carbons (Fsp3) is 0.258. The highest BCUT2D eigenvalue weighted by Crippen LogP contribution is 2.34. The molecule has 41 heavy (non-hydrogen) atoms. The summed E-state index contributed by atoms with van der Waals surface area (Å²) in [5.74, 6) is -0.522. The molecule has 1 saturated heterocycles. The number of benzene rings is 3. The number of halogens is 1. The lowest BCUT2D eigenvalue weighted by molar-refractivity contribution is 0.0972. The van der Waals surface area contributed by atoms with E-state index < -0.39 is 5.82 Å². The Labute approximate surface area is 235 Å². The summed E-state index contributed by atoms with van der Waals surface area (Å²) in [5, 5.41) is 19.0. The van der Waals surface area contributed by atoms with Crippen LogP contribution in [-0.2, 0) is 13.0 Å². The number of aryl methyl sites for hydroxylation is 1. The minimum atomic E-state index is -0.466. The Kier molecular flexibility index (Phi) is 6.09. The van der Waals surface area contributed by atoms with Crippen LogP contribution in [0.4, 0.5) is 15.9 Å². The number of carbonyl (C=O) groups is 1. The minimum Gasteiger partial charge on any atom is -0.392 e. The number of hydrogen-bond donors (Lipinski definition) is 2. The molecule has 0 radical (unpaired) electrons. The Balaban J connectivity index is 1.21. The molecule has 7 rings (SSSR count). The van der Waals surface area contributed by atoms with Crippen molar-refractivity contribution in [1.29, 1.82) is 0 Å². The largest absolute Gasteiger partial charge is 0.392 e. The van der Waals surface area contributed by atoms with Crippen molar-refractivity contribution in [3.8, 4) is 16.8 Å². The fourth-order valence-corrected chi connectivity index (χ4v) is 6.06. The molecule has 10 heteroatoms. The third-order valence-corrected chi connectivity index (χ3v) is 8.15. The molecular weight excluding hydrogens is 523 g/mol. The van der Waals surface area contributed by atoms with Crippen molar-refractivity contribution in [2.45, 2.75) is 32.4 Å². The maximum absolute atomic E-state index is 15.8. The van der Waals surface area contributed by atoms with Crippen LogP contribution in [0.15, 0.2) is 65.2 Å². The molecule has 208 valence electrons. The first-order valence-corrected chi connectivity index (χ1v) is 13.7. The average Bonchev–Trinajstić information content (AvgIpc) is 3.66. The number of nitrogens with two attached hydrogens (primary N) is 1. The molecule has 1 fully saturated rings. The molecule has 0 bridgehead atoms. The number of β-amino-alcohol motifs (C(OH)–C–C–N with tert-alkyl or cyclic N) is 1. The van der Waals surface area contributed by atoms with Gasteiger partial charge in [0.25, 0.3) is 5.91 Å². The van der Waals surface area contributed by atoms with Crippen LogP contribution in [0.3, 0.4) is 0 Å². The first-order valence-electron chi connectivity index (χ1n) is 13.7. The van der Waals surface area contributed by atoms with Crippen LogP contribution in [0, 0.1) is 12.7 Å². The number of likely N-dealkylation sites (tertiary alicyclic amines) is 1. The van der Waals surface area contributed by atoms with Gasteiger partial charge in [0.2, 0.25) is 0 Å². The van der Waals surface area contributed by atoms with Gasteiger partial charge < -0.3 is 20.3 Å². The molecule has 3 N–H and O–H groups in total. The quantitative estimate of drug-likeness (QED) is 0.331. The number of anilines is 2. The van der Waals surface area contributed by atoms with Crippen LogP contribution in [0.1, 0.15) is 33.7 Å². The summed E-state index contributed by atoms with van der Waals surface area (Å²) in [6, 6.07) is 18.3. The lowest BCUT2D eigenvalue weighted by atomic mass is 9.98. The van der Waals surface area contributed by atoms with E-state index >= 15 is 4.39 Å². The summed E-state index contributed by atoms with van der Waals surface area (Å²) in [7, 11) is 0. The molecule has 9 nitrogen and oxygen atoms in total. The van der Waals surface area contributed by atoms with Gasteiger partial charge in [-0.25, -0.2) is 9.07 Å². The SMILES string of the molecule is Cc1nn(-c2ccc3onc(N)c3c2)c2c1CCN(c1ccc(-c3ccccc3CN3CCC(O)C3)cc1F)C2=O. The van der Waals surface area contributed by atoms with Gasteiger partial charge in [0.05, 0.1) is 28.6 Å². The zero-order valence-electron chi connectivity index (χ0n) is 22.5. The molecule has 4 heterocycles. The van der Waals surface area contributed by atoms with Crippen LogP contribution in [0.5, 0.6) is 0 Å². The Morgan fingerprint density at radius 2 is 1.98 bits per heavy atom. The van der Waals surface area contributed by atoms with Crippen molar-refractivity contribution in [2.75, 3.05) is 30.3 Å². The highest BCUT2D eigenvalue weighted by atomic mass is 19.1. The lowest BCUT2D eigenvalue weighted by Crippen LogP contribution is -2.39. The van der Waals surface area contributed by atoms with E-state index in [1.807, 2.05) is 37.3 Å². The normalized spacial score (nSPS) is 17.5. The van der Waals surface area contributed by atoms with Crippen LogP contribution in [0.25, 0.3) is 27.8 Å². The predicted molar refractivity (Wildman–Crippen MR) is 153 cm³/mol. The van der Waals surface area contributed by atoms with Gasteiger partial charge in [-0.05, 0) is 66.8 Å². The fourth-order valence-electron chi connectivity index (χ4n) is 6.06. The number of carbonyl (C=O) groups excluding carboxylic acids is 1. The van der Waals surface area contributed by atoms with Crippen molar-refractivity contribution in [3.63, 3.8) is 0 Å². The molecule has 3 aromatic carbocycles. The first-order chi connectivity index (χ1) is 19.9. The van der Waals surface area contributed by atoms with Crippen molar-refractivity contribution in [2.24, 2.45) is 0 Å². The van der Waals surface area contributed by atoms with Gasteiger partial charge in [-0.3, -0.25) is 9.69 Å². The van der Waals surface area contributed by atoms with Gasteiger partial charge in [-0.15, -0.1) is 0 Å². The average molecular weight is 553 g/mol. The van der Waals surface area contributed by atoms with Crippen molar-refractivity contribution >= 4 is 28.4 Å². The van der Waals surface area contributed by atoms with Crippen LogP contribution >= 0.6 is 0 Å². The second-order valence-electron chi connectivity index (χ2n) is 10.8. The molecule has 0 aliphatic carbocycles. The van der Waals surface area contributed by atoms with E-state index in [2.05, 4.69) is 15.2 Å². The molecule has 1 unspecified atom stereocenters. The molecular formula is C31H29FN6O3. The van der Waals surface area contributed by atoms with Gasteiger partial charge in [-0.2, -0.15) is 5.10 Å². The first kappa shape index (κ1) is 25.4. The van der Waals surface area contributed by atoms with E-state index in [0.29, 0.717) is 48.4 Å². The number of nitrogen functional groups attached to an aromatic ring is 1. The van der Waals surface area contributed by atoms with Gasteiger partial charge in [0, 0.05) is 31.7 Å². The van der Waals surface area contributed by atoms with Crippen molar-refractivity contribution in [3.05, 3.63) is 89.0 Å². The summed E-state index contributed by atoms with van der Waals surface area (Å²) in [6.45, 7) is 4.37. The molecule has 2 aliphatic rings. The van der Waals surface area contributed by atoms with E-state index in [-0.39, 0.29) is 23.5 Å². The summed E-state index contributed by atoms with van der Waals surface area (Å²) in [5.41, 5.74) is 12.1. The van der Waals surface area contributed by atoms with Gasteiger partial charge in [-0.1, -0.05) is 35.5 Å². The smallest absolute Gasteiger partial charge is 0.277 e. The maximum atomic E-state index is 15.8. The molecule has 0 spiro atoms. The topological polar surface area (TPSA) is 114 Å². The van der Waals surface area contributed by atoms with E-state index in [4.69, 9.17) is 10.3 Å². The molecule has 0 saturated carbocycles. The highest BCUT2D eigenvalue weighted by molar-refractivity contribution is 6.08. The molecule has 5 aromatic rings. The van der Waals surface area contributed by atoms with Crippen molar-refractivity contribution < 1.29 is 18.8 Å². The van der Waals surface area contributed by atoms with Gasteiger partial charge in [0.1, 0.15) is 11.5 Å². The standard InChI is InChI=1S/C31H29FN6O3/c1-18-23-11-13-37(31(40)29(23)38(34-18)21-7-9-28-25(15-21)30(33)35-41-28)27-8-6-19(14-26(27)32)24-5-3-2-4-20(24)16-36-12-10-22(39)17-36/h2-9,14-15,22,39H,10-13,16-17H2,1H3,(H2,33,35). The Bertz CT molecular complexity index is 1810. The number of aromatic nitrogens is 3. The minimum absolute atomic E-state index is 0.230. The van der Waals surface area contributed by atoms with E-state index in [9.17, 15) is 9.90 Å². The zero-order valence-corrected chi connectivity index (χ0v) is 22.5. The van der Waals surface area contributed by atoms with Crippen LogP contribution in [-0.4, -0.2) is 56.6 Å². The number of amides is 1. The number of fused-ring (bicyclic) bond motifs is 2.